The molecule has 0 spiro atoms. The number of aliphatic hydroxyl groups excluding tert-OH is 4. The van der Waals surface area contributed by atoms with Crippen LogP contribution in [0.15, 0.2) is 30.3 Å². The normalized spacial score (nSPS) is 31.2. The molecule has 1 fully saturated rings. The highest BCUT2D eigenvalue weighted by molar-refractivity contribution is 5.92. The summed E-state index contributed by atoms with van der Waals surface area (Å²) >= 11 is 0. The van der Waals surface area contributed by atoms with Crippen molar-refractivity contribution < 1.29 is 35.1 Å². The summed E-state index contributed by atoms with van der Waals surface area (Å²) in [6.45, 7) is -0.573. The van der Waals surface area contributed by atoms with Gasteiger partial charge in [0.15, 0.2) is 6.29 Å². The second-order valence-electron chi connectivity index (χ2n) is 5.19. The van der Waals surface area contributed by atoms with Crippen molar-refractivity contribution in [1.29, 1.82) is 0 Å². The molecule has 8 heteroatoms. The zero-order chi connectivity index (χ0) is 17.0. The van der Waals surface area contributed by atoms with E-state index in [1.165, 1.54) is 24.3 Å². The first-order valence-corrected chi connectivity index (χ1v) is 7.00. The lowest BCUT2D eigenvalue weighted by Crippen LogP contribution is -2.64. The van der Waals surface area contributed by atoms with Crippen LogP contribution in [0.5, 0.6) is 5.75 Å². The van der Waals surface area contributed by atoms with E-state index in [1.54, 1.807) is 12.1 Å². The Bertz CT molecular complexity index is 559. The number of hydrogen-bond donors (Lipinski definition) is 6. The number of hydrogen-bond acceptors (Lipinski definition) is 7. The molecule has 6 N–H and O–H groups in total. The van der Waals surface area contributed by atoms with Gasteiger partial charge < -0.3 is 35.6 Å². The van der Waals surface area contributed by atoms with Crippen molar-refractivity contribution in [3.63, 3.8) is 0 Å². The van der Waals surface area contributed by atoms with Crippen LogP contribution in [-0.2, 0) is 9.53 Å². The Balaban J connectivity index is 1.97. The van der Waals surface area contributed by atoms with Crippen LogP contribution in [0.2, 0.25) is 0 Å². The molecule has 23 heavy (non-hydrogen) atoms. The first-order valence-electron chi connectivity index (χ1n) is 7.00. The van der Waals surface area contributed by atoms with E-state index >= 15 is 0 Å². The minimum Gasteiger partial charge on any atom is -0.508 e. The predicted octanol–water partition coefficient (Wildman–Crippen LogP) is -1.68. The van der Waals surface area contributed by atoms with E-state index in [2.05, 4.69) is 5.32 Å². The van der Waals surface area contributed by atoms with Crippen LogP contribution in [0.1, 0.15) is 5.56 Å². The lowest BCUT2D eigenvalue weighted by atomic mass is 9.97. The Hall–Kier alpha value is -1.97. The number of ether oxygens (including phenoxy) is 1. The number of nitrogens with one attached hydrogen (secondary N) is 1. The molecule has 0 aromatic heterocycles. The number of rotatable bonds is 4. The maximum Gasteiger partial charge on any atom is 0.244 e. The van der Waals surface area contributed by atoms with Crippen molar-refractivity contribution in [2.45, 2.75) is 30.6 Å². The van der Waals surface area contributed by atoms with Crippen molar-refractivity contribution >= 4 is 12.0 Å². The number of aliphatic hydroxyl groups is 4. The van der Waals surface area contributed by atoms with Crippen LogP contribution in [0.4, 0.5) is 0 Å². The number of phenolic OH excluding ortho intramolecular Hbond substituents is 1. The van der Waals surface area contributed by atoms with Crippen LogP contribution in [-0.4, -0.2) is 68.7 Å². The standard InChI is InChI=1S/C15H19NO7/c17-7-10-13(20)14(21)12(15(22)23-10)16-11(19)6-3-8-1-4-9(18)5-2-8/h1-6,10,12-15,17-18,20-22H,7H2,(H,16,19)/b6-3+/t10-,12-,13-,14-,15?/m1/s1. The van der Waals surface area contributed by atoms with Gasteiger partial charge in [-0.25, -0.2) is 0 Å². The van der Waals surface area contributed by atoms with E-state index < -0.39 is 43.2 Å². The zero-order valence-corrected chi connectivity index (χ0v) is 12.1. The molecule has 0 bridgehead atoms. The largest absolute Gasteiger partial charge is 0.508 e. The molecular formula is C15H19NO7. The van der Waals surface area contributed by atoms with Crippen LogP contribution >= 0.6 is 0 Å². The molecule has 1 amide bonds. The molecular weight excluding hydrogens is 306 g/mol. The summed E-state index contributed by atoms with van der Waals surface area (Å²) in [6.07, 6.45) is -2.95. The number of carbonyl (C=O) groups is 1. The molecule has 5 atom stereocenters. The molecule has 1 aliphatic heterocycles. The van der Waals surface area contributed by atoms with Crippen molar-refractivity contribution in [2.24, 2.45) is 0 Å². The Morgan fingerprint density at radius 2 is 1.83 bits per heavy atom. The maximum absolute atomic E-state index is 11.8. The van der Waals surface area contributed by atoms with Crippen LogP contribution in [0.25, 0.3) is 6.08 Å². The van der Waals surface area contributed by atoms with Crippen molar-refractivity contribution in [2.75, 3.05) is 6.61 Å². The van der Waals surface area contributed by atoms with Crippen molar-refractivity contribution in [3.05, 3.63) is 35.9 Å². The Morgan fingerprint density at radius 1 is 1.17 bits per heavy atom. The average Bonchev–Trinajstić information content (AvgIpc) is 2.54. The predicted molar refractivity (Wildman–Crippen MR) is 79.1 cm³/mol. The summed E-state index contributed by atoms with van der Waals surface area (Å²) in [5, 5.41) is 49.9. The Labute approximate surface area is 132 Å². The molecule has 1 saturated heterocycles. The van der Waals surface area contributed by atoms with E-state index in [-0.39, 0.29) is 5.75 Å². The maximum atomic E-state index is 11.8. The SMILES string of the molecule is O=C(/C=C/c1ccc(O)cc1)N[C@H]1C(O)O[C@H](CO)[C@@H](O)[C@@H]1O. The number of amides is 1. The molecule has 126 valence electrons. The summed E-state index contributed by atoms with van der Waals surface area (Å²) in [6, 6.07) is 4.89. The van der Waals surface area contributed by atoms with Gasteiger partial charge in [0, 0.05) is 6.08 Å². The number of benzene rings is 1. The molecule has 1 aromatic rings. The fourth-order valence-corrected chi connectivity index (χ4v) is 2.22. The third-order valence-electron chi connectivity index (χ3n) is 3.53. The van der Waals surface area contributed by atoms with Gasteiger partial charge in [0.05, 0.1) is 6.61 Å². The van der Waals surface area contributed by atoms with E-state index in [0.717, 1.165) is 0 Å². The van der Waals surface area contributed by atoms with Gasteiger partial charge in [-0.15, -0.1) is 0 Å². The van der Waals surface area contributed by atoms with Crippen LogP contribution in [0.3, 0.4) is 0 Å². The van der Waals surface area contributed by atoms with E-state index in [0.29, 0.717) is 5.56 Å². The number of aromatic hydroxyl groups is 1. The first-order chi connectivity index (χ1) is 10.9. The summed E-state index contributed by atoms with van der Waals surface area (Å²) in [5.74, 6) is -0.510. The van der Waals surface area contributed by atoms with E-state index in [4.69, 9.17) is 14.9 Å². The quantitative estimate of drug-likeness (QED) is 0.363. The molecule has 1 aliphatic rings. The minimum absolute atomic E-state index is 0.102. The molecule has 0 aliphatic carbocycles. The molecule has 8 nitrogen and oxygen atoms in total. The first kappa shape index (κ1) is 17.4. The monoisotopic (exact) mass is 325 g/mol. The minimum atomic E-state index is -1.56. The van der Waals surface area contributed by atoms with E-state index in [9.17, 15) is 20.1 Å². The third-order valence-corrected chi connectivity index (χ3v) is 3.53. The molecule has 1 aromatic carbocycles. The summed E-state index contributed by atoms with van der Waals surface area (Å²) < 4.78 is 4.94. The van der Waals surface area contributed by atoms with Gasteiger partial charge in [-0.05, 0) is 23.8 Å². The van der Waals surface area contributed by atoms with Gasteiger partial charge in [0.1, 0.15) is 30.1 Å². The highest BCUT2D eigenvalue weighted by Gasteiger charge is 2.44. The highest BCUT2D eigenvalue weighted by Crippen LogP contribution is 2.19. The van der Waals surface area contributed by atoms with Gasteiger partial charge in [-0.1, -0.05) is 12.1 Å². The van der Waals surface area contributed by atoms with Gasteiger partial charge in [-0.2, -0.15) is 0 Å². The second kappa shape index (κ2) is 7.53. The lowest BCUT2D eigenvalue weighted by molar-refractivity contribution is -0.253. The second-order valence-corrected chi connectivity index (χ2v) is 5.19. The van der Waals surface area contributed by atoms with Crippen molar-refractivity contribution in [3.8, 4) is 5.75 Å². The summed E-state index contributed by atoms with van der Waals surface area (Å²) in [4.78, 5) is 11.8. The highest BCUT2D eigenvalue weighted by atomic mass is 16.6. The lowest BCUT2D eigenvalue weighted by Gasteiger charge is -2.40. The summed E-state index contributed by atoms with van der Waals surface area (Å²) in [5.41, 5.74) is 0.666. The third kappa shape index (κ3) is 4.27. The summed E-state index contributed by atoms with van der Waals surface area (Å²) in [7, 11) is 0. The average molecular weight is 325 g/mol. The molecule has 2 rings (SSSR count). The molecule has 1 heterocycles. The number of carbonyl (C=O) groups excluding carboxylic acids is 1. The van der Waals surface area contributed by atoms with E-state index in [1.807, 2.05) is 0 Å². The van der Waals surface area contributed by atoms with Gasteiger partial charge in [0.2, 0.25) is 5.91 Å². The smallest absolute Gasteiger partial charge is 0.244 e. The van der Waals surface area contributed by atoms with Crippen LogP contribution < -0.4 is 5.32 Å². The zero-order valence-electron chi connectivity index (χ0n) is 12.1. The topological polar surface area (TPSA) is 139 Å². The fourth-order valence-electron chi connectivity index (χ4n) is 2.22. The molecule has 0 radical (unpaired) electrons. The van der Waals surface area contributed by atoms with Gasteiger partial charge in [0.25, 0.3) is 0 Å². The molecule has 0 saturated carbocycles. The Kier molecular flexibility index (Phi) is 5.69. The van der Waals surface area contributed by atoms with Gasteiger partial charge in [-0.3, -0.25) is 4.79 Å². The van der Waals surface area contributed by atoms with Crippen LogP contribution in [0, 0.1) is 0 Å². The molecule has 1 unspecified atom stereocenters. The fraction of sp³-hybridized carbons (Fsp3) is 0.400. The Morgan fingerprint density at radius 3 is 2.43 bits per heavy atom. The number of phenols is 1. The van der Waals surface area contributed by atoms with Crippen molar-refractivity contribution in [1.82, 2.24) is 5.32 Å². The van der Waals surface area contributed by atoms with Gasteiger partial charge >= 0.3 is 0 Å².